The summed E-state index contributed by atoms with van der Waals surface area (Å²) >= 11 is 8.83. The van der Waals surface area contributed by atoms with Crippen LogP contribution < -0.4 is 4.90 Å². The van der Waals surface area contributed by atoms with E-state index in [1.807, 2.05) is 36.5 Å². The molecule has 1 aliphatic heterocycles. The lowest BCUT2D eigenvalue weighted by molar-refractivity contribution is 0.598. The molecule has 0 radical (unpaired) electrons. The summed E-state index contributed by atoms with van der Waals surface area (Å²) in [5, 5.41) is 0.723. The van der Waals surface area contributed by atoms with Crippen molar-refractivity contribution >= 4 is 57.4 Å². The van der Waals surface area contributed by atoms with Gasteiger partial charge in [0.15, 0.2) is 0 Å². The number of fused-ring (bicyclic) bond motifs is 1. The number of aliphatic imine (C=N–C) groups is 1. The molecule has 4 heteroatoms. The number of hydrogen-bond acceptors (Lipinski definition) is 2. The molecule has 1 heterocycles. The molecule has 0 unspecified atom stereocenters. The predicted octanol–water partition coefficient (Wildman–Crippen LogP) is 6.33. The van der Waals surface area contributed by atoms with Gasteiger partial charge in [-0.25, -0.2) is 0 Å². The monoisotopic (exact) mass is 450 g/mol. The van der Waals surface area contributed by atoms with Gasteiger partial charge in [-0.1, -0.05) is 29.8 Å². The third-order valence-corrected chi connectivity index (χ3v) is 5.77. The zero-order chi connectivity index (χ0) is 17.5. The molecule has 124 valence electrons. The summed E-state index contributed by atoms with van der Waals surface area (Å²) in [6.07, 6.45) is 4.15. The van der Waals surface area contributed by atoms with Crippen molar-refractivity contribution in [2.75, 3.05) is 11.9 Å². The van der Waals surface area contributed by atoms with Gasteiger partial charge in [-0.2, -0.15) is 0 Å². The van der Waals surface area contributed by atoms with Gasteiger partial charge in [0.2, 0.25) is 0 Å². The van der Waals surface area contributed by atoms with Gasteiger partial charge in [0.25, 0.3) is 0 Å². The van der Waals surface area contributed by atoms with Crippen LogP contribution in [0.3, 0.4) is 0 Å². The van der Waals surface area contributed by atoms with E-state index in [-0.39, 0.29) is 5.54 Å². The van der Waals surface area contributed by atoms with Crippen LogP contribution in [-0.4, -0.2) is 18.8 Å². The summed E-state index contributed by atoms with van der Waals surface area (Å²) in [4.78, 5) is 6.87. The van der Waals surface area contributed by atoms with E-state index >= 15 is 0 Å². The van der Waals surface area contributed by atoms with Crippen molar-refractivity contribution in [1.82, 2.24) is 0 Å². The molecule has 0 N–H and O–H groups in total. The van der Waals surface area contributed by atoms with Crippen molar-refractivity contribution < 1.29 is 0 Å². The number of halogens is 2. The standard InChI is InChI=1S/C20H20ClIN2/c1-13-11-20(2,3)24(4)19-10-16(21)14(9-15(13)19)12-23-18-8-6-5-7-17(18)22/h5-12H,1-4H3. The third kappa shape index (κ3) is 3.24. The van der Waals surface area contributed by atoms with Crippen LogP contribution in [0.4, 0.5) is 11.4 Å². The van der Waals surface area contributed by atoms with Gasteiger partial charge in [-0.15, -0.1) is 0 Å². The highest BCUT2D eigenvalue weighted by Gasteiger charge is 2.29. The molecular formula is C20H20ClIN2. The number of hydrogen-bond donors (Lipinski definition) is 0. The van der Waals surface area contributed by atoms with E-state index in [2.05, 4.69) is 72.4 Å². The Labute approximate surface area is 162 Å². The maximum atomic E-state index is 6.53. The fourth-order valence-corrected chi connectivity index (χ4v) is 3.72. The first-order valence-corrected chi connectivity index (χ1v) is 9.31. The van der Waals surface area contributed by atoms with Crippen LogP contribution in [0, 0.1) is 3.57 Å². The minimum Gasteiger partial charge on any atom is -0.365 e. The Morgan fingerprint density at radius 3 is 2.62 bits per heavy atom. The van der Waals surface area contributed by atoms with Crippen LogP contribution in [0.25, 0.3) is 5.57 Å². The smallest absolute Gasteiger partial charge is 0.0763 e. The molecule has 2 aromatic carbocycles. The minimum absolute atomic E-state index is 0.0177. The second kappa shape index (κ2) is 6.52. The first-order chi connectivity index (χ1) is 11.3. The van der Waals surface area contributed by atoms with Crippen molar-refractivity contribution in [2.24, 2.45) is 4.99 Å². The highest BCUT2D eigenvalue weighted by atomic mass is 127. The van der Waals surface area contributed by atoms with Crippen LogP contribution in [0.2, 0.25) is 5.02 Å². The average Bonchev–Trinajstić information content (AvgIpc) is 2.52. The van der Waals surface area contributed by atoms with Crippen LogP contribution in [0.1, 0.15) is 31.9 Å². The molecule has 0 aromatic heterocycles. The Morgan fingerprint density at radius 1 is 1.21 bits per heavy atom. The second-order valence-corrected chi connectivity index (χ2v) is 8.21. The molecule has 0 fully saturated rings. The zero-order valence-corrected chi connectivity index (χ0v) is 17.2. The van der Waals surface area contributed by atoms with Gasteiger partial charge >= 0.3 is 0 Å². The van der Waals surface area contributed by atoms with Crippen LogP contribution in [0.5, 0.6) is 0 Å². The van der Waals surface area contributed by atoms with Gasteiger partial charge in [-0.05, 0) is 73.2 Å². The maximum Gasteiger partial charge on any atom is 0.0763 e. The first kappa shape index (κ1) is 17.5. The van der Waals surface area contributed by atoms with E-state index in [1.165, 1.54) is 11.1 Å². The normalized spacial score (nSPS) is 16.2. The van der Waals surface area contributed by atoms with E-state index in [1.54, 1.807) is 0 Å². The molecule has 0 amide bonds. The van der Waals surface area contributed by atoms with Gasteiger partial charge in [0.05, 0.1) is 16.2 Å². The minimum atomic E-state index is -0.0177. The van der Waals surface area contributed by atoms with E-state index in [0.717, 1.165) is 25.5 Å². The summed E-state index contributed by atoms with van der Waals surface area (Å²) in [7, 11) is 2.11. The molecule has 0 aliphatic carbocycles. The van der Waals surface area contributed by atoms with E-state index in [4.69, 9.17) is 11.6 Å². The molecule has 0 bridgehead atoms. The van der Waals surface area contributed by atoms with Crippen molar-refractivity contribution in [3.05, 3.63) is 62.2 Å². The van der Waals surface area contributed by atoms with Crippen LogP contribution in [-0.2, 0) is 0 Å². The number of nitrogens with zero attached hydrogens (tertiary/aromatic N) is 2. The highest BCUT2D eigenvalue weighted by molar-refractivity contribution is 14.1. The highest BCUT2D eigenvalue weighted by Crippen LogP contribution is 2.40. The van der Waals surface area contributed by atoms with Gasteiger partial charge < -0.3 is 4.90 Å². The molecule has 24 heavy (non-hydrogen) atoms. The average molecular weight is 451 g/mol. The fourth-order valence-electron chi connectivity index (χ4n) is 2.98. The molecule has 2 nitrogen and oxygen atoms in total. The summed E-state index contributed by atoms with van der Waals surface area (Å²) in [5.41, 5.74) is 5.53. The SMILES string of the molecule is CC1=CC(C)(C)N(C)c2cc(Cl)c(C=Nc3ccccc3I)cc21. The number of rotatable bonds is 2. The molecule has 3 rings (SSSR count). The Morgan fingerprint density at radius 2 is 1.92 bits per heavy atom. The molecule has 0 saturated carbocycles. The molecule has 1 aliphatic rings. The largest absolute Gasteiger partial charge is 0.365 e. The van der Waals surface area contributed by atoms with Gasteiger partial charge in [-0.3, -0.25) is 4.99 Å². The van der Waals surface area contributed by atoms with E-state index in [0.29, 0.717) is 0 Å². The topological polar surface area (TPSA) is 15.6 Å². The summed E-state index contributed by atoms with van der Waals surface area (Å²) in [6.45, 7) is 6.57. The van der Waals surface area contributed by atoms with E-state index < -0.39 is 0 Å². The summed E-state index contributed by atoms with van der Waals surface area (Å²) < 4.78 is 1.12. The summed E-state index contributed by atoms with van der Waals surface area (Å²) in [5.74, 6) is 0. The number of likely N-dealkylation sites (N-methyl/N-ethyl adjacent to an activating group) is 1. The maximum absolute atomic E-state index is 6.53. The Kier molecular flexibility index (Phi) is 4.76. The molecule has 0 atom stereocenters. The molecule has 2 aromatic rings. The second-order valence-electron chi connectivity index (χ2n) is 6.64. The predicted molar refractivity (Wildman–Crippen MR) is 114 cm³/mol. The van der Waals surface area contributed by atoms with Crippen molar-refractivity contribution in [3.63, 3.8) is 0 Å². The quantitative estimate of drug-likeness (QED) is 0.386. The lowest BCUT2D eigenvalue weighted by Gasteiger charge is -2.40. The van der Waals surface area contributed by atoms with Crippen molar-refractivity contribution in [1.29, 1.82) is 0 Å². The summed E-state index contributed by atoms with van der Waals surface area (Å²) in [6, 6.07) is 12.2. The van der Waals surface area contributed by atoms with Gasteiger partial charge in [0.1, 0.15) is 0 Å². The molecule has 0 saturated heterocycles. The zero-order valence-electron chi connectivity index (χ0n) is 14.3. The number of allylic oxidation sites excluding steroid dienone is 1. The van der Waals surface area contributed by atoms with Crippen LogP contribution in [0.15, 0.2) is 47.5 Å². The fraction of sp³-hybridized carbons (Fsp3) is 0.250. The Bertz CT molecular complexity index is 853. The molecule has 0 spiro atoms. The van der Waals surface area contributed by atoms with Crippen LogP contribution >= 0.6 is 34.2 Å². The van der Waals surface area contributed by atoms with E-state index in [9.17, 15) is 0 Å². The number of benzene rings is 2. The Hall–Kier alpha value is -1.33. The lowest BCUT2D eigenvalue weighted by Crippen LogP contribution is -2.42. The number of anilines is 1. The van der Waals surface area contributed by atoms with Crippen molar-refractivity contribution in [3.8, 4) is 0 Å². The van der Waals surface area contributed by atoms with Crippen molar-refractivity contribution in [2.45, 2.75) is 26.3 Å². The Balaban J connectivity index is 2.04. The van der Waals surface area contributed by atoms with Gasteiger partial charge in [0, 0.05) is 33.6 Å². The molecular weight excluding hydrogens is 431 g/mol. The number of para-hydroxylation sites is 1. The first-order valence-electron chi connectivity index (χ1n) is 7.85. The lowest BCUT2D eigenvalue weighted by atomic mass is 9.88. The third-order valence-electron chi connectivity index (χ3n) is 4.53.